The third-order valence-electron chi connectivity index (χ3n) is 4.54. The van der Waals surface area contributed by atoms with Crippen LogP contribution in [0.3, 0.4) is 0 Å². The van der Waals surface area contributed by atoms with E-state index in [1.807, 2.05) is 6.07 Å². The van der Waals surface area contributed by atoms with E-state index in [-0.39, 0.29) is 5.82 Å². The molecular weight excluding hydrogens is 325 g/mol. The maximum atomic E-state index is 13.4. The van der Waals surface area contributed by atoms with Gasteiger partial charge in [0.15, 0.2) is 5.11 Å². The minimum absolute atomic E-state index is 0.267. The first-order chi connectivity index (χ1) is 11.5. The lowest BCUT2D eigenvalue weighted by atomic mass is 10.0. The van der Waals surface area contributed by atoms with E-state index in [4.69, 9.17) is 17.0 Å². The lowest BCUT2D eigenvalue weighted by Gasteiger charge is -2.41. The number of ether oxygens (including phenoxy) is 1. The number of nitrogens with one attached hydrogen (secondary N) is 1. The van der Waals surface area contributed by atoms with Crippen LogP contribution >= 0.6 is 12.2 Å². The Morgan fingerprint density at radius 2 is 2.12 bits per heavy atom. The Labute approximate surface area is 150 Å². The maximum absolute atomic E-state index is 13.4. The van der Waals surface area contributed by atoms with Crippen molar-refractivity contribution in [2.45, 2.75) is 38.8 Å². The molecule has 0 bridgehead atoms. The summed E-state index contributed by atoms with van der Waals surface area (Å²) in [6.07, 6.45) is 2.15. The average molecular weight is 354 g/mol. The number of anilines is 1. The fraction of sp³-hybridized carbons (Fsp3) is 0.611. The highest BCUT2D eigenvalue weighted by Crippen LogP contribution is 2.20. The van der Waals surface area contributed by atoms with Crippen LogP contribution in [0.15, 0.2) is 24.3 Å². The highest BCUT2D eigenvalue weighted by molar-refractivity contribution is 7.80. The van der Waals surface area contributed by atoms with Crippen LogP contribution in [0, 0.1) is 5.82 Å². The molecule has 1 aliphatic rings. The first kappa shape index (κ1) is 19.1. The van der Waals surface area contributed by atoms with Crippen LogP contribution in [0.25, 0.3) is 0 Å². The van der Waals surface area contributed by atoms with Gasteiger partial charge in [-0.1, -0.05) is 6.07 Å². The van der Waals surface area contributed by atoms with Gasteiger partial charge in [-0.15, -0.1) is 0 Å². The lowest BCUT2D eigenvalue weighted by Crippen LogP contribution is -2.50. The van der Waals surface area contributed by atoms with E-state index >= 15 is 0 Å². The van der Waals surface area contributed by atoms with Crippen molar-refractivity contribution in [3.8, 4) is 0 Å². The molecule has 4 nitrogen and oxygen atoms in total. The van der Waals surface area contributed by atoms with Crippen LogP contribution in [-0.2, 0) is 4.74 Å². The predicted molar refractivity (Wildman–Crippen MR) is 101 cm³/mol. The largest absolute Gasteiger partial charge is 0.383 e. The molecule has 0 spiro atoms. The fourth-order valence-electron chi connectivity index (χ4n) is 3.11. The molecule has 0 saturated carbocycles. The van der Waals surface area contributed by atoms with E-state index in [0.29, 0.717) is 29.5 Å². The Bertz CT molecular complexity index is 533. The molecule has 1 aromatic carbocycles. The molecule has 0 amide bonds. The van der Waals surface area contributed by atoms with Crippen molar-refractivity contribution in [1.82, 2.24) is 9.80 Å². The summed E-state index contributed by atoms with van der Waals surface area (Å²) in [4.78, 5) is 4.69. The summed E-state index contributed by atoms with van der Waals surface area (Å²) in [6, 6.07) is 7.37. The third kappa shape index (κ3) is 5.40. The second kappa shape index (κ2) is 9.30. The monoisotopic (exact) mass is 353 g/mol. The first-order valence-corrected chi connectivity index (χ1v) is 8.98. The summed E-state index contributed by atoms with van der Waals surface area (Å²) in [5.74, 6) is -0.267. The highest BCUT2D eigenvalue weighted by atomic mass is 32.1. The van der Waals surface area contributed by atoms with Gasteiger partial charge in [0, 0.05) is 44.5 Å². The third-order valence-corrected chi connectivity index (χ3v) is 4.88. The number of thiocarbonyl (C=S) groups is 1. The molecule has 2 rings (SSSR count). The van der Waals surface area contributed by atoms with Gasteiger partial charge in [-0.25, -0.2) is 4.39 Å². The highest BCUT2D eigenvalue weighted by Gasteiger charge is 2.27. The Hall–Kier alpha value is -1.24. The Morgan fingerprint density at radius 1 is 1.42 bits per heavy atom. The minimum atomic E-state index is -0.267. The number of benzene rings is 1. The van der Waals surface area contributed by atoms with Crippen molar-refractivity contribution in [1.29, 1.82) is 0 Å². The summed E-state index contributed by atoms with van der Waals surface area (Å²) in [5.41, 5.74) is 0.682. The van der Waals surface area contributed by atoms with Crippen LogP contribution < -0.4 is 5.32 Å². The van der Waals surface area contributed by atoms with Gasteiger partial charge in [0.1, 0.15) is 5.82 Å². The van der Waals surface area contributed by atoms with E-state index in [1.54, 1.807) is 13.2 Å². The van der Waals surface area contributed by atoms with E-state index in [2.05, 4.69) is 29.0 Å². The van der Waals surface area contributed by atoms with Crippen LogP contribution in [0.4, 0.5) is 10.1 Å². The van der Waals surface area contributed by atoms with Crippen molar-refractivity contribution < 1.29 is 9.13 Å². The summed E-state index contributed by atoms with van der Waals surface area (Å²) < 4.78 is 18.6. The Kier molecular flexibility index (Phi) is 7.40. The van der Waals surface area contributed by atoms with Crippen molar-refractivity contribution in [3.63, 3.8) is 0 Å². The number of likely N-dealkylation sites (tertiary alicyclic amines) is 1. The standard InChI is InChI=1S/C18H28FN3OS/c1-14(2)21-9-7-17(8-10-21)22(11-12-23-3)18(24)20-16-6-4-5-15(19)13-16/h4-6,13-14,17H,7-12H2,1-3H3,(H,20,24). The zero-order chi connectivity index (χ0) is 17.5. The first-order valence-electron chi connectivity index (χ1n) is 8.57. The van der Waals surface area contributed by atoms with Gasteiger partial charge in [-0.2, -0.15) is 0 Å². The van der Waals surface area contributed by atoms with E-state index in [0.717, 1.165) is 32.5 Å². The molecule has 1 aromatic rings. The molecular formula is C18H28FN3OS. The molecule has 0 aliphatic carbocycles. The molecule has 0 atom stereocenters. The SMILES string of the molecule is COCCN(C(=S)Nc1cccc(F)c1)C1CCN(C(C)C)CC1. The molecule has 0 unspecified atom stereocenters. The van der Waals surface area contributed by atoms with Gasteiger partial charge in [0.05, 0.1) is 6.61 Å². The van der Waals surface area contributed by atoms with Crippen molar-refractivity contribution in [2.75, 3.05) is 38.7 Å². The number of hydrogen-bond donors (Lipinski definition) is 1. The normalized spacial score (nSPS) is 16.4. The summed E-state index contributed by atoms with van der Waals surface area (Å²) in [6.45, 7) is 7.99. The fourth-order valence-corrected chi connectivity index (χ4v) is 3.47. The number of halogens is 1. The van der Waals surface area contributed by atoms with Crippen molar-refractivity contribution >= 4 is 23.0 Å². The van der Waals surface area contributed by atoms with E-state index in [1.165, 1.54) is 12.1 Å². The van der Waals surface area contributed by atoms with Gasteiger partial charge in [-0.3, -0.25) is 0 Å². The number of nitrogens with zero attached hydrogens (tertiary/aromatic N) is 2. The molecule has 0 radical (unpaired) electrons. The second-order valence-corrected chi connectivity index (χ2v) is 6.87. The maximum Gasteiger partial charge on any atom is 0.173 e. The van der Waals surface area contributed by atoms with Gasteiger partial charge in [0.2, 0.25) is 0 Å². The number of hydrogen-bond acceptors (Lipinski definition) is 3. The van der Waals surface area contributed by atoms with E-state index in [9.17, 15) is 4.39 Å². The molecule has 1 heterocycles. The number of rotatable bonds is 6. The van der Waals surface area contributed by atoms with Crippen molar-refractivity contribution in [3.05, 3.63) is 30.1 Å². The zero-order valence-electron chi connectivity index (χ0n) is 14.8. The van der Waals surface area contributed by atoms with Crippen LogP contribution in [0.5, 0.6) is 0 Å². The molecule has 134 valence electrons. The molecule has 6 heteroatoms. The second-order valence-electron chi connectivity index (χ2n) is 6.49. The quantitative estimate of drug-likeness (QED) is 0.792. The van der Waals surface area contributed by atoms with Crippen LogP contribution in [0.1, 0.15) is 26.7 Å². The molecule has 24 heavy (non-hydrogen) atoms. The predicted octanol–water partition coefficient (Wildman–Crippen LogP) is 3.34. The van der Waals surface area contributed by atoms with Gasteiger partial charge in [0.25, 0.3) is 0 Å². The summed E-state index contributed by atoms with van der Waals surface area (Å²) in [7, 11) is 1.70. The molecule has 0 aromatic heterocycles. The van der Waals surface area contributed by atoms with Gasteiger partial charge in [-0.05, 0) is 57.1 Å². The Morgan fingerprint density at radius 3 is 2.71 bits per heavy atom. The zero-order valence-corrected chi connectivity index (χ0v) is 15.6. The molecule has 1 N–H and O–H groups in total. The van der Waals surface area contributed by atoms with Gasteiger partial charge >= 0.3 is 0 Å². The minimum Gasteiger partial charge on any atom is -0.383 e. The van der Waals surface area contributed by atoms with Crippen LogP contribution in [0.2, 0.25) is 0 Å². The smallest absolute Gasteiger partial charge is 0.173 e. The Balaban J connectivity index is 2.00. The summed E-state index contributed by atoms with van der Waals surface area (Å²) >= 11 is 5.60. The summed E-state index contributed by atoms with van der Waals surface area (Å²) in [5, 5.41) is 3.81. The lowest BCUT2D eigenvalue weighted by molar-refractivity contribution is 0.108. The topological polar surface area (TPSA) is 27.7 Å². The van der Waals surface area contributed by atoms with Crippen LogP contribution in [-0.4, -0.2) is 60.3 Å². The molecule has 1 aliphatic heterocycles. The van der Waals surface area contributed by atoms with E-state index < -0.39 is 0 Å². The van der Waals surface area contributed by atoms with Crippen molar-refractivity contribution in [2.24, 2.45) is 0 Å². The number of piperidine rings is 1. The number of methoxy groups -OCH3 is 1. The molecule has 1 saturated heterocycles. The average Bonchev–Trinajstić information content (AvgIpc) is 2.55. The van der Waals surface area contributed by atoms with Gasteiger partial charge < -0.3 is 19.9 Å². The molecule has 1 fully saturated rings.